The van der Waals surface area contributed by atoms with Gasteiger partial charge in [-0.1, -0.05) is 24.3 Å². The molecule has 6 nitrogen and oxygen atoms in total. The molecule has 1 aliphatic rings. The molecule has 0 fully saturated rings. The van der Waals surface area contributed by atoms with E-state index in [2.05, 4.69) is 16.7 Å². The van der Waals surface area contributed by atoms with Crippen LogP contribution in [-0.4, -0.2) is 50.2 Å². The van der Waals surface area contributed by atoms with Gasteiger partial charge in [-0.15, -0.1) is 11.8 Å². The highest BCUT2D eigenvalue weighted by molar-refractivity contribution is 7.98. The molecule has 1 atom stereocenters. The fourth-order valence-corrected chi connectivity index (χ4v) is 3.76. The van der Waals surface area contributed by atoms with Crippen LogP contribution in [0.3, 0.4) is 0 Å². The quantitative estimate of drug-likeness (QED) is 0.577. The summed E-state index contributed by atoms with van der Waals surface area (Å²) in [6, 6.07) is 13.5. The summed E-state index contributed by atoms with van der Waals surface area (Å²) >= 11 is 1.51. The van der Waals surface area contributed by atoms with E-state index in [4.69, 9.17) is 4.74 Å². The third-order valence-corrected chi connectivity index (χ3v) is 5.53. The standard InChI is InChI=1S/C21H25N3O3S/c1-24(2)17(14-8-9-18-15(12-14)10-11-27-18)13-22-20(25)21(26)23-16-6-4-5-7-19(16)28-3/h4-9,12,17H,10-11,13H2,1-3H3,(H,22,25)(H,23,26)/t17-/m1/s1. The van der Waals surface area contributed by atoms with Gasteiger partial charge in [-0.05, 0) is 49.7 Å². The number of amides is 2. The number of ether oxygens (including phenoxy) is 1. The van der Waals surface area contributed by atoms with Crippen LogP contribution >= 0.6 is 11.8 Å². The summed E-state index contributed by atoms with van der Waals surface area (Å²) in [6.07, 6.45) is 2.82. The van der Waals surface area contributed by atoms with Gasteiger partial charge in [0.25, 0.3) is 0 Å². The Bertz CT molecular complexity index is 870. The summed E-state index contributed by atoms with van der Waals surface area (Å²) in [6.45, 7) is 1.04. The van der Waals surface area contributed by atoms with Crippen molar-refractivity contribution >= 4 is 29.3 Å². The summed E-state index contributed by atoms with van der Waals surface area (Å²) in [7, 11) is 3.91. The van der Waals surface area contributed by atoms with Crippen LogP contribution in [0.2, 0.25) is 0 Å². The number of carbonyl (C=O) groups is 2. The molecule has 1 heterocycles. The van der Waals surface area contributed by atoms with Gasteiger partial charge in [-0.2, -0.15) is 0 Å². The van der Waals surface area contributed by atoms with Crippen molar-refractivity contribution in [3.05, 3.63) is 53.6 Å². The number of fused-ring (bicyclic) bond motifs is 1. The second kappa shape index (κ2) is 9.12. The number of benzene rings is 2. The second-order valence-corrected chi connectivity index (χ2v) is 7.66. The Kier molecular flexibility index (Phi) is 6.59. The number of nitrogens with one attached hydrogen (secondary N) is 2. The normalized spacial score (nSPS) is 13.6. The molecule has 2 aromatic carbocycles. The van der Waals surface area contributed by atoms with E-state index in [1.165, 1.54) is 17.3 Å². The number of rotatable bonds is 6. The van der Waals surface area contributed by atoms with Gasteiger partial charge in [0.05, 0.1) is 18.3 Å². The first-order valence-corrected chi connectivity index (χ1v) is 10.4. The SMILES string of the molecule is CSc1ccccc1NC(=O)C(=O)NC[C@H](c1ccc2c(c1)CCO2)N(C)C. The molecule has 0 radical (unpaired) electrons. The Balaban J connectivity index is 1.63. The van der Waals surface area contributed by atoms with E-state index in [-0.39, 0.29) is 6.04 Å². The fraction of sp³-hybridized carbons (Fsp3) is 0.333. The molecule has 148 valence electrons. The molecule has 28 heavy (non-hydrogen) atoms. The van der Waals surface area contributed by atoms with E-state index in [9.17, 15) is 9.59 Å². The highest BCUT2D eigenvalue weighted by Gasteiger charge is 2.21. The number of anilines is 1. The first-order valence-electron chi connectivity index (χ1n) is 9.14. The number of likely N-dealkylation sites (N-methyl/N-ethyl adjacent to an activating group) is 1. The molecule has 0 spiro atoms. The zero-order chi connectivity index (χ0) is 20.1. The van der Waals surface area contributed by atoms with Gasteiger partial charge in [-0.25, -0.2) is 0 Å². The van der Waals surface area contributed by atoms with Gasteiger partial charge >= 0.3 is 11.8 Å². The summed E-state index contributed by atoms with van der Waals surface area (Å²) in [5.41, 5.74) is 2.91. The molecule has 3 rings (SSSR count). The maximum atomic E-state index is 12.3. The largest absolute Gasteiger partial charge is 0.493 e. The molecule has 1 aliphatic heterocycles. The highest BCUT2D eigenvalue weighted by atomic mass is 32.2. The molecule has 0 aromatic heterocycles. The Labute approximate surface area is 169 Å². The lowest BCUT2D eigenvalue weighted by atomic mass is 10.0. The Morgan fingerprint density at radius 2 is 1.96 bits per heavy atom. The van der Waals surface area contributed by atoms with E-state index in [0.29, 0.717) is 18.8 Å². The Hall–Kier alpha value is -2.51. The zero-order valence-electron chi connectivity index (χ0n) is 16.3. The smallest absolute Gasteiger partial charge is 0.313 e. The van der Waals surface area contributed by atoms with Crippen LogP contribution in [0.4, 0.5) is 5.69 Å². The summed E-state index contributed by atoms with van der Waals surface area (Å²) in [5, 5.41) is 5.44. The predicted octanol–water partition coefficient (Wildman–Crippen LogP) is 2.70. The minimum absolute atomic E-state index is 0.0406. The van der Waals surface area contributed by atoms with Crippen molar-refractivity contribution in [2.24, 2.45) is 0 Å². The van der Waals surface area contributed by atoms with Gasteiger partial charge in [-0.3, -0.25) is 9.59 Å². The van der Waals surface area contributed by atoms with Crippen molar-refractivity contribution < 1.29 is 14.3 Å². The van der Waals surface area contributed by atoms with Crippen molar-refractivity contribution in [3.63, 3.8) is 0 Å². The average molecular weight is 400 g/mol. The lowest BCUT2D eigenvalue weighted by molar-refractivity contribution is -0.136. The molecule has 2 aromatic rings. The van der Waals surface area contributed by atoms with Crippen LogP contribution in [0.25, 0.3) is 0 Å². The molecule has 2 amide bonds. The number of hydrogen-bond donors (Lipinski definition) is 2. The Morgan fingerprint density at radius 3 is 2.71 bits per heavy atom. The first-order chi connectivity index (χ1) is 13.5. The van der Waals surface area contributed by atoms with Gasteiger partial charge < -0.3 is 20.3 Å². The van der Waals surface area contributed by atoms with E-state index >= 15 is 0 Å². The summed E-state index contributed by atoms with van der Waals surface area (Å²) in [4.78, 5) is 27.6. The molecule has 0 unspecified atom stereocenters. The lowest BCUT2D eigenvalue weighted by Gasteiger charge is -2.25. The molecular formula is C21H25N3O3S. The zero-order valence-corrected chi connectivity index (χ0v) is 17.1. The van der Waals surface area contributed by atoms with Crippen molar-refractivity contribution in [1.82, 2.24) is 10.2 Å². The van der Waals surface area contributed by atoms with Crippen LogP contribution < -0.4 is 15.4 Å². The van der Waals surface area contributed by atoms with Gasteiger partial charge in [0.1, 0.15) is 5.75 Å². The van der Waals surface area contributed by atoms with Crippen molar-refractivity contribution in [2.45, 2.75) is 17.4 Å². The third kappa shape index (κ3) is 4.66. The average Bonchev–Trinajstić information content (AvgIpc) is 3.16. The second-order valence-electron chi connectivity index (χ2n) is 6.81. The predicted molar refractivity (Wildman–Crippen MR) is 112 cm³/mol. The minimum atomic E-state index is -0.665. The maximum absolute atomic E-state index is 12.3. The van der Waals surface area contributed by atoms with Crippen molar-refractivity contribution in [2.75, 3.05) is 38.8 Å². The van der Waals surface area contributed by atoms with Crippen LogP contribution in [-0.2, 0) is 16.0 Å². The number of nitrogens with zero attached hydrogens (tertiary/aromatic N) is 1. The molecule has 0 saturated heterocycles. The monoisotopic (exact) mass is 399 g/mol. The van der Waals surface area contributed by atoms with Crippen LogP contribution in [0.15, 0.2) is 47.4 Å². The van der Waals surface area contributed by atoms with E-state index in [1.807, 2.05) is 55.6 Å². The van der Waals surface area contributed by atoms with E-state index in [0.717, 1.165) is 22.6 Å². The molecule has 2 N–H and O–H groups in total. The molecular weight excluding hydrogens is 374 g/mol. The van der Waals surface area contributed by atoms with Crippen LogP contribution in [0.1, 0.15) is 17.2 Å². The molecule has 0 aliphatic carbocycles. The number of hydrogen-bond acceptors (Lipinski definition) is 5. The van der Waals surface area contributed by atoms with Gasteiger partial charge in [0.2, 0.25) is 0 Å². The molecule has 7 heteroatoms. The number of carbonyl (C=O) groups excluding carboxylic acids is 2. The minimum Gasteiger partial charge on any atom is -0.493 e. The summed E-state index contributed by atoms with van der Waals surface area (Å²) in [5.74, 6) is -0.384. The highest BCUT2D eigenvalue weighted by Crippen LogP contribution is 2.29. The van der Waals surface area contributed by atoms with Gasteiger partial charge in [0, 0.05) is 17.9 Å². The van der Waals surface area contributed by atoms with Crippen LogP contribution in [0.5, 0.6) is 5.75 Å². The topological polar surface area (TPSA) is 70.7 Å². The van der Waals surface area contributed by atoms with Crippen molar-refractivity contribution in [3.8, 4) is 5.75 Å². The van der Waals surface area contributed by atoms with Gasteiger partial charge in [0.15, 0.2) is 0 Å². The number of para-hydroxylation sites is 1. The molecule has 0 bridgehead atoms. The third-order valence-electron chi connectivity index (χ3n) is 4.74. The van der Waals surface area contributed by atoms with Crippen LogP contribution in [0, 0.1) is 0 Å². The Morgan fingerprint density at radius 1 is 1.18 bits per heavy atom. The fourth-order valence-electron chi connectivity index (χ4n) is 3.21. The molecule has 0 saturated carbocycles. The maximum Gasteiger partial charge on any atom is 0.313 e. The number of thioether (sulfide) groups is 1. The first kappa shape index (κ1) is 20.2. The lowest BCUT2D eigenvalue weighted by Crippen LogP contribution is -2.40. The van der Waals surface area contributed by atoms with Crippen molar-refractivity contribution in [1.29, 1.82) is 0 Å². The van der Waals surface area contributed by atoms with E-state index < -0.39 is 11.8 Å². The van der Waals surface area contributed by atoms with E-state index in [1.54, 1.807) is 6.07 Å². The summed E-state index contributed by atoms with van der Waals surface area (Å²) < 4.78 is 5.56.